The van der Waals surface area contributed by atoms with Gasteiger partial charge in [0, 0.05) is 49.5 Å². The Labute approximate surface area is 497 Å². The molecule has 2 aliphatic rings. The van der Waals surface area contributed by atoms with Crippen molar-refractivity contribution in [3.8, 4) is 45.1 Å². The Morgan fingerprint density at radius 2 is 1.01 bits per heavy atom. The SMILES string of the molecule is C.CC(C)CB(O)O.COc1cccc(OC)c1-c1ccccc1P(C1CCCCC1)C1CCCCC1.Cc1cc(-c2cccc3c2oc2ccccc23)ncc1Br.Cc1cc(-c2cccc3c2oc2ccccc23)ncc1CC(C)C. The first kappa shape index (κ1) is 61.8. The summed E-state index contributed by atoms with van der Waals surface area (Å²) in [6.07, 6.45) is 19.6. The molecule has 4 aromatic heterocycles. The molecule has 0 bridgehead atoms. The lowest BCUT2D eigenvalue weighted by atomic mass is 9.80. The number of para-hydroxylation sites is 4. The van der Waals surface area contributed by atoms with E-state index in [4.69, 9.17) is 33.3 Å². The number of hydrogen-bond donors (Lipinski definition) is 2. The summed E-state index contributed by atoms with van der Waals surface area (Å²) in [4.78, 5) is 9.25. The molecular weight excluding hydrogens is 1100 g/mol. The summed E-state index contributed by atoms with van der Waals surface area (Å²) in [5.74, 6) is 2.84. The molecule has 0 unspecified atom stereocenters. The molecule has 0 spiro atoms. The second-order valence-electron chi connectivity index (χ2n) is 22.6. The standard InChI is InChI=1S/C26H35O2P.C22H21NO.C18H12BrNO.C4H11BO2.CH4/c1-27-23-17-11-18-24(28-2)26(23)22-16-9-10-19-25(22)29(20-12-5-3-6-13-20)21-14-7-4-8-15-21;1-14(2)11-16-13-23-20(12-15(16)3)19-9-6-8-18-17-7-4-5-10-21(17)24-22(18)19;1-11-9-16(20-10-15(11)19)14-7-4-6-13-12-5-2-3-8-17(12)21-18(13)14;1-4(2)3-5(6)7;/h9-11,16-21H,3-8,12-15H2,1-2H3;4-10,12-14H,11H2,1-3H3;2-10H,1H3;4,6-7H,3H2,1-2H3;1H4. The van der Waals surface area contributed by atoms with Crippen molar-refractivity contribution in [3.05, 3.63) is 173 Å². The van der Waals surface area contributed by atoms with Crippen molar-refractivity contribution in [2.75, 3.05) is 14.2 Å². The van der Waals surface area contributed by atoms with Gasteiger partial charge in [-0.1, -0.05) is 173 Å². The van der Waals surface area contributed by atoms with Gasteiger partial charge >= 0.3 is 7.12 Å². The highest BCUT2D eigenvalue weighted by atomic mass is 79.9. The Hall–Kier alpha value is -6.29. The molecule has 2 saturated carbocycles. The van der Waals surface area contributed by atoms with Crippen LogP contribution in [-0.2, 0) is 6.42 Å². The number of furan rings is 2. The molecule has 8 nitrogen and oxygen atoms in total. The van der Waals surface area contributed by atoms with E-state index in [1.165, 1.54) is 80.9 Å². The molecule has 2 fully saturated rings. The van der Waals surface area contributed by atoms with Crippen molar-refractivity contribution in [1.82, 2.24) is 9.97 Å². The molecule has 428 valence electrons. The number of methoxy groups -OCH3 is 2. The van der Waals surface area contributed by atoms with E-state index in [0.29, 0.717) is 18.2 Å². The minimum atomic E-state index is -1.13. The van der Waals surface area contributed by atoms with Gasteiger partial charge in [-0.15, -0.1) is 0 Å². The van der Waals surface area contributed by atoms with Crippen LogP contribution in [0.3, 0.4) is 0 Å². The minimum Gasteiger partial charge on any atom is -0.496 e. The van der Waals surface area contributed by atoms with Crippen molar-refractivity contribution in [3.63, 3.8) is 0 Å². The predicted molar refractivity (Wildman–Crippen MR) is 351 cm³/mol. The summed E-state index contributed by atoms with van der Waals surface area (Å²) in [7, 11) is 2.23. The molecule has 2 aliphatic carbocycles. The average molecular weight is 1180 g/mol. The van der Waals surface area contributed by atoms with E-state index in [1.807, 2.05) is 68.7 Å². The Kier molecular flexibility index (Phi) is 22.1. The molecule has 12 rings (SSSR count). The number of aryl methyl sites for hydroxylation is 2. The quantitative estimate of drug-likeness (QED) is 0.0919. The highest BCUT2D eigenvalue weighted by molar-refractivity contribution is 9.10. The third-order valence-electron chi connectivity index (χ3n) is 15.8. The van der Waals surface area contributed by atoms with Crippen molar-refractivity contribution in [2.45, 2.75) is 137 Å². The van der Waals surface area contributed by atoms with E-state index < -0.39 is 7.12 Å². The van der Waals surface area contributed by atoms with Crippen molar-refractivity contribution in [2.24, 2.45) is 11.8 Å². The largest absolute Gasteiger partial charge is 0.496 e. The molecule has 2 N–H and O–H groups in total. The number of benzene rings is 6. The molecule has 0 atom stereocenters. The molecule has 4 heterocycles. The Morgan fingerprint density at radius 1 is 0.561 bits per heavy atom. The van der Waals surface area contributed by atoms with E-state index in [-0.39, 0.29) is 15.3 Å². The van der Waals surface area contributed by atoms with Gasteiger partial charge in [0.15, 0.2) is 0 Å². The van der Waals surface area contributed by atoms with Crippen LogP contribution in [-0.4, -0.2) is 52.7 Å². The molecule has 0 radical (unpaired) electrons. The number of rotatable bonds is 12. The summed E-state index contributed by atoms with van der Waals surface area (Å²) in [6.45, 7) is 12.6. The third-order valence-corrected chi connectivity index (χ3v) is 20.1. The number of pyridine rings is 2. The Bertz CT molecular complexity index is 3630. The normalized spacial score (nSPS) is 13.8. The maximum absolute atomic E-state index is 8.28. The second kappa shape index (κ2) is 29.3. The number of hydrogen-bond acceptors (Lipinski definition) is 8. The first-order chi connectivity index (χ1) is 39.3. The van der Waals surface area contributed by atoms with Crippen molar-refractivity contribution >= 4 is 80.2 Å². The van der Waals surface area contributed by atoms with Crippen LogP contribution in [0.15, 0.2) is 165 Å². The van der Waals surface area contributed by atoms with Gasteiger partial charge in [-0.2, -0.15) is 0 Å². The van der Waals surface area contributed by atoms with E-state index in [2.05, 4.69) is 146 Å². The van der Waals surface area contributed by atoms with Crippen LogP contribution in [0.5, 0.6) is 11.5 Å². The molecule has 11 heteroatoms. The maximum Gasteiger partial charge on any atom is 0.451 e. The van der Waals surface area contributed by atoms with Gasteiger partial charge < -0.3 is 28.4 Å². The minimum absolute atomic E-state index is 0. The highest BCUT2D eigenvalue weighted by Gasteiger charge is 2.34. The topological polar surface area (TPSA) is 111 Å². The van der Waals surface area contributed by atoms with E-state index >= 15 is 0 Å². The number of ether oxygens (including phenoxy) is 2. The molecule has 82 heavy (non-hydrogen) atoms. The predicted octanol–water partition coefficient (Wildman–Crippen LogP) is 19.8. The second-order valence-corrected chi connectivity index (χ2v) is 26.2. The number of fused-ring (bicyclic) bond motifs is 6. The van der Waals surface area contributed by atoms with Crippen LogP contribution in [0.25, 0.3) is 77.5 Å². The first-order valence-electron chi connectivity index (χ1n) is 29.2. The molecule has 6 aromatic carbocycles. The number of aromatic nitrogens is 2. The van der Waals surface area contributed by atoms with Gasteiger partial charge in [-0.25, -0.2) is 0 Å². The lowest BCUT2D eigenvalue weighted by molar-refractivity contribution is 0.394. The number of halogens is 1. The first-order valence-corrected chi connectivity index (χ1v) is 31.4. The van der Waals surface area contributed by atoms with Gasteiger partial charge in [0.25, 0.3) is 0 Å². The summed E-state index contributed by atoms with van der Waals surface area (Å²) in [6, 6.07) is 48.4. The summed E-state index contributed by atoms with van der Waals surface area (Å²) in [5, 5.41) is 22.7. The fourth-order valence-electron chi connectivity index (χ4n) is 11.8. The van der Waals surface area contributed by atoms with E-state index in [0.717, 1.165) is 111 Å². The Morgan fingerprint density at radius 3 is 1.48 bits per heavy atom. The summed E-state index contributed by atoms with van der Waals surface area (Å²) >= 11 is 3.49. The smallest absolute Gasteiger partial charge is 0.451 e. The van der Waals surface area contributed by atoms with E-state index in [1.54, 1.807) is 19.5 Å². The van der Waals surface area contributed by atoms with Gasteiger partial charge in [0.2, 0.25) is 0 Å². The lowest BCUT2D eigenvalue weighted by Gasteiger charge is -2.39. The lowest BCUT2D eigenvalue weighted by Crippen LogP contribution is -2.27. The fraction of sp³-hybridized carbons (Fsp3) is 0.352. The van der Waals surface area contributed by atoms with Crippen LogP contribution in [0, 0.1) is 25.7 Å². The van der Waals surface area contributed by atoms with Crippen molar-refractivity contribution in [1.29, 1.82) is 0 Å². The van der Waals surface area contributed by atoms with Crippen LogP contribution >= 0.6 is 23.9 Å². The van der Waals surface area contributed by atoms with E-state index in [9.17, 15) is 0 Å². The van der Waals surface area contributed by atoms with Crippen molar-refractivity contribution < 1.29 is 28.4 Å². The zero-order valence-corrected chi connectivity index (χ0v) is 51.0. The monoisotopic (exact) mass is 1180 g/mol. The zero-order chi connectivity index (χ0) is 57.0. The molecular formula is C71H83BBrN2O6P. The van der Waals surface area contributed by atoms with Crippen LogP contribution in [0.4, 0.5) is 0 Å². The molecule has 10 aromatic rings. The van der Waals surface area contributed by atoms with Crippen LogP contribution < -0.4 is 14.8 Å². The average Bonchev–Trinajstić information content (AvgIpc) is 3.68. The van der Waals surface area contributed by atoms with Gasteiger partial charge in [0.1, 0.15) is 33.8 Å². The summed E-state index contributed by atoms with van der Waals surface area (Å²) < 4.78 is 24.8. The zero-order valence-electron chi connectivity index (χ0n) is 48.6. The fourth-order valence-corrected chi connectivity index (χ4v) is 16.0. The molecule has 0 amide bonds. The van der Waals surface area contributed by atoms with Gasteiger partial charge in [0.05, 0.1) is 31.2 Å². The molecule has 0 aliphatic heterocycles. The maximum atomic E-state index is 8.28. The van der Waals surface area contributed by atoms with Gasteiger partial charge in [-0.05, 0) is 167 Å². The third kappa shape index (κ3) is 14.7. The van der Waals surface area contributed by atoms with Crippen LogP contribution in [0.1, 0.15) is 116 Å². The molecule has 0 saturated heterocycles. The Balaban J connectivity index is 0.000000153. The van der Waals surface area contributed by atoms with Gasteiger partial charge in [-0.3, -0.25) is 9.97 Å². The number of nitrogens with zero attached hydrogens (tertiary/aromatic N) is 2. The summed E-state index contributed by atoms with van der Waals surface area (Å²) in [5.41, 5.74) is 15.6. The van der Waals surface area contributed by atoms with Crippen LogP contribution in [0.2, 0.25) is 6.32 Å². The highest BCUT2D eigenvalue weighted by Crippen LogP contribution is 2.57.